The highest BCUT2D eigenvalue weighted by Gasteiger charge is 2.15. The van der Waals surface area contributed by atoms with Crippen molar-refractivity contribution in [2.24, 2.45) is 0 Å². The number of nitrogens with zero attached hydrogens (tertiary/aromatic N) is 1. The van der Waals surface area contributed by atoms with Crippen molar-refractivity contribution >= 4 is 34.5 Å². The maximum absolute atomic E-state index is 9.97. The van der Waals surface area contributed by atoms with Crippen molar-refractivity contribution in [1.29, 1.82) is 0 Å². The van der Waals surface area contributed by atoms with E-state index < -0.39 is 6.10 Å². The standard InChI is InChI=1S/C10H7Cl2NOS/c11-7-3-8(12)9(13-4-7)10(14)6-1-2-15-5-6/h1-5,10,14H. The highest BCUT2D eigenvalue weighted by atomic mass is 35.5. The first-order valence-corrected chi connectivity index (χ1v) is 5.89. The topological polar surface area (TPSA) is 33.1 Å². The van der Waals surface area contributed by atoms with Crippen LogP contribution in [0.4, 0.5) is 0 Å². The molecule has 1 unspecified atom stereocenters. The molecular formula is C10H7Cl2NOS. The van der Waals surface area contributed by atoms with E-state index in [1.165, 1.54) is 17.5 Å². The third kappa shape index (κ3) is 2.32. The number of aliphatic hydroxyl groups is 1. The maximum Gasteiger partial charge on any atom is 0.123 e. The summed E-state index contributed by atoms with van der Waals surface area (Å²) in [5, 5.41) is 14.6. The van der Waals surface area contributed by atoms with Crippen LogP contribution in [-0.4, -0.2) is 10.1 Å². The average molecular weight is 260 g/mol. The third-order valence-electron chi connectivity index (χ3n) is 1.95. The predicted molar refractivity (Wildman–Crippen MR) is 62.6 cm³/mol. The molecule has 0 spiro atoms. The van der Waals surface area contributed by atoms with Crippen LogP contribution in [0.15, 0.2) is 29.1 Å². The van der Waals surface area contributed by atoms with Gasteiger partial charge in [-0.3, -0.25) is 4.98 Å². The van der Waals surface area contributed by atoms with Gasteiger partial charge in [0.05, 0.1) is 15.7 Å². The fourth-order valence-electron chi connectivity index (χ4n) is 1.21. The van der Waals surface area contributed by atoms with E-state index >= 15 is 0 Å². The number of pyridine rings is 1. The summed E-state index contributed by atoms with van der Waals surface area (Å²) < 4.78 is 0. The van der Waals surface area contributed by atoms with E-state index in [4.69, 9.17) is 23.2 Å². The molecule has 0 saturated heterocycles. The Labute approximate surface area is 101 Å². The molecule has 5 heteroatoms. The molecule has 0 amide bonds. The second-order valence-corrected chi connectivity index (χ2v) is 4.60. The Kier molecular flexibility index (Phi) is 3.26. The molecule has 0 fully saturated rings. The van der Waals surface area contributed by atoms with Crippen molar-refractivity contribution in [3.8, 4) is 0 Å². The second kappa shape index (κ2) is 4.49. The van der Waals surface area contributed by atoms with Crippen LogP contribution in [-0.2, 0) is 0 Å². The van der Waals surface area contributed by atoms with Gasteiger partial charge in [-0.1, -0.05) is 23.2 Å². The van der Waals surface area contributed by atoms with Crippen LogP contribution >= 0.6 is 34.5 Å². The lowest BCUT2D eigenvalue weighted by Gasteiger charge is -2.09. The zero-order valence-electron chi connectivity index (χ0n) is 7.52. The predicted octanol–water partition coefficient (Wildman–Crippen LogP) is 3.53. The van der Waals surface area contributed by atoms with Crippen molar-refractivity contribution in [3.63, 3.8) is 0 Å². The molecule has 2 aromatic heterocycles. The lowest BCUT2D eigenvalue weighted by Crippen LogP contribution is -2.01. The molecule has 0 bridgehead atoms. The summed E-state index contributed by atoms with van der Waals surface area (Å²) in [5.41, 5.74) is 1.22. The van der Waals surface area contributed by atoms with Crippen LogP contribution in [0.25, 0.3) is 0 Å². The zero-order valence-corrected chi connectivity index (χ0v) is 9.85. The van der Waals surface area contributed by atoms with Gasteiger partial charge in [0.15, 0.2) is 0 Å². The summed E-state index contributed by atoms with van der Waals surface area (Å²) in [6.45, 7) is 0. The van der Waals surface area contributed by atoms with Crippen LogP contribution in [0.2, 0.25) is 10.0 Å². The lowest BCUT2D eigenvalue weighted by atomic mass is 10.1. The van der Waals surface area contributed by atoms with E-state index in [1.54, 1.807) is 6.07 Å². The van der Waals surface area contributed by atoms with Crippen molar-refractivity contribution < 1.29 is 5.11 Å². The van der Waals surface area contributed by atoms with Gasteiger partial charge in [-0.05, 0) is 28.5 Å². The summed E-state index contributed by atoms with van der Waals surface area (Å²) in [4.78, 5) is 4.02. The summed E-state index contributed by atoms with van der Waals surface area (Å²) >= 11 is 13.2. The molecule has 0 aliphatic heterocycles. The number of hydrogen-bond acceptors (Lipinski definition) is 3. The molecule has 1 N–H and O–H groups in total. The van der Waals surface area contributed by atoms with Gasteiger partial charge in [-0.15, -0.1) is 0 Å². The molecule has 78 valence electrons. The minimum Gasteiger partial charge on any atom is -0.382 e. The molecule has 2 rings (SSSR count). The van der Waals surface area contributed by atoms with E-state index in [0.29, 0.717) is 15.7 Å². The van der Waals surface area contributed by atoms with Gasteiger partial charge < -0.3 is 5.11 Å². The number of aromatic nitrogens is 1. The van der Waals surface area contributed by atoms with Gasteiger partial charge in [0.2, 0.25) is 0 Å². The van der Waals surface area contributed by atoms with Gasteiger partial charge in [-0.25, -0.2) is 0 Å². The molecule has 15 heavy (non-hydrogen) atoms. The highest BCUT2D eigenvalue weighted by Crippen LogP contribution is 2.29. The molecule has 2 aromatic rings. The smallest absolute Gasteiger partial charge is 0.123 e. The molecule has 0 aliphatic carbocycles. The molecule has 0 aliphatic rings. The molecular weight excluding hydrogens is 253 g/mol. The van der Waals surface area contributed by atoms with Gasteiger partial charge in [0.25, 0.3) is 0 Å². The minimum atomic E-state index is -0.791. The Morgan fingerprint density at radius 3 is 2.80 bits per heavy atom. The van der Waals surface area contributed by atoms with Gasteiger partial charge in [0.1, 0.15) is 6.10 Å². The summed E-state index contributed by atoms with van der Waals surface area (Å²) in [7, 11) is 0. The van der Waals surface area contributed by atoms with E-state index in [1.807, 2.05) is 16.8 Å². The normalized spacial score (nSPS) is 12.7. The summed E-state index contributed by atoms with van der Waals surface area (Å²) in [6.07, 6.45) is 0.680. The largest absolute Gasteiger partial charge is 0.382 e. The van der Waals surface area contributed by atoms with Crippen molar-refractivity contribution in [1.82, 2.24) is 4.98 Å². The third-order valence-corrected chi connectivity index (χ3v) is 3.17. The fraction of sp³-hybridized carbons (Fsp3) is 0.100. The van der Waals surface area contributed by atoms with Crippen molar-refractivity contribution in [2.75, 3.05) is 0 Å². The van der Waals surface area contributed by atoms with E-state index in [-0.39, 0.29) is 0 Å². The Balaban J connectivity index is 2.38. The maximum atomic E-state index is 9.97. The number of aliphatic hydroxyl groups excluding tert-OH is 1. The summed E-state index contributed by atoms with van der Waals surface area (Å²) in [5.74, 6) is 0. The van der Waals surface area contributed by atoms with Crippen molar-refractivity contribution in [3.05, 3.63) is 50.4 Å². The first kappa shape index (κ1) is 10.9. The number of hydrogen-bond donors (Lipinski definition) is 1. The second-order valence-electron chi connectivity index (χ2n) is 2.98. The molecule has 1 atom stereocenters. The minimum absolute atomic E-state index is 0.376. The van der Waals surface area contributed by atoms with Gasteiger partial charge in [0, 0.05) is 6.20 Å². The van der Waals surface area contributed by atoms with Crippen LogP contribution < -0.4 is 0 Å². The summed E-state index contributed by atoms with van der Waals surface area (Å²) in [6, 6.07) is 3.41. The van der Waals surface area contributed by atoms with Crippen LogP contribution in [0.1, 0.15) is 17.4 Å². The number of thiophene rings is 1. The quantitative estimate of drug-likeness (QED) is 0.895. The van der Waals surface area contributed by atoms with Crippen LogP contribution in [0, 0.1) is 0 Å². The van der Waals surface area contributed by atoms with Crippen LogP contribution in [0.3, 0.4) is 0 Å². The van der Waals surface area contributed by atoms with E-state index in [9.17, 15) is 5.11 Å². The van der Waals surface area contributed by atoms with Gasteiger partial charge >= 0.3 is 0 Å². The molecule has 2 heterocycles. The van der Waals surface area contributed by atoms with Crippen LogP contribution in [0.5, 0.6) is 0 Å². The Morgan fingerprint density at radius 2 is 2.20 bits per heavy atom. The van der Waals surface area contributed by atoms with Crippen molar-refractivity contribution in [2.45, 2.75) is 6.10 Å². The molecule has 0 radical (unpaired) electrons. The Hall–Kier alpha value is -0.610. The number of halogens is 2. The SMILES string of the molecule is OC(c1ccsc1)c1ncc(Cl)cc1Cl. The molecule has 0 saturated carbocycles. The Morgan fingerprint density at radius 1 is 1.40 bits per heavy atom. The molecule has 0 aromatic carbocycles. The van der Waals surface area contributed by atoms with E-state index in [2.05, 4.69) is 4.98 Å². The molecule has 2 nitrogen and oxygen atoms in total. The zero-order chi connectivity index (χ0) is 10.8. The Bertz CT molecular complexity index is 458. The fourth-order valence-corrected chi connectivity index (χ4v) is 2.38. The first-order valence-electron chi connectivity index (χ1n) is 4.19. The number of rotatable bonds is 2. The van der Waals surface area contributed by atoms with E-state index in [0.717, 1.165) is 5.56 Å². The highest BCUT2D eigenvalue weighted by molar-refractivity contribution is 7.08. The van der Waals surface area contributed by atoms with Gasteiger partial charge in [-0.2, -0.15) is 11.3 Å². The lowest BCUT2D eigenvalue weighted by molar-refractivity contribution is 0.216. The first-order chi connectivity index (χ1) is 7.18. The average Bonchev–Trinajstić information content (AvgIpc) is 2.69. The monoisotopic (exact) mass is 259 g/mol.